The molecule has 3 aliphatic carbocycles. The second-order valence-electron chi connectivity index (χ2n) is 4.34. The van der Waals surface area contributed by atoms with E-state index in [0.717, 1.165) is 17.8 Å². The number of allylic oxidation sites excluding steroid dienone is 2. The molecule has 0 aromatic carbocycles. The summed E-state index contributed by atoms with van der Waals surface area (Å²) >= 11 is 0. The van der Waals surface area contributed by atoms with Crippen LogP contribution in [0.1, 0.15) is 32.6 Å². The minimum Gasteiger partial charge on any atom is -0.0663 e. The van der Waals surface area contributed by atoms with E-state index < -0.39 is 0 Å². The fourth-order valence-electron chi connectivity index (χ4n) is 3.11. The Labute approximate surface area is 62.3 Å². The van der Waals surface area contributed by atoms with Gasteiger partial charge in [-0.1, -0.05) is 18.1 Å². The van der Waals surface area contributed by atoms with Gasteiger partial charge >= 0.3 is 0 Å². The Morgan fingerprint density at radius 3 is 3.00 bits per heavy atom. The summed E-state index contributed by atoms with van der Waals surface area (Å²) in [5.41, 5.74) is 3.72. The largest absolute Gasteiger partial charge is 0.0663 e. The first-order valence-corrected chi connectivity index (χ1v) is 4.57. The van der Waals surface area contributed by atoms with Crippen molar-refractivity contribution < 1.29 is 0 Å². The van der Waals surface area contributed by atoms with Crippen molar-refractivity contribution in [3.8, 4) is 0 Å². The minimum atomic E-state index is 1.04. The van der Waals surface area contributed by atoms with Crippen molar-refractivity contribution in [3.05, 3.63) is 11.1 Å². The summed E-state index contributed by atoms with van der Waals surface area (Å²) in [6, 6.07) is 0. The molecule has 0 bridgehead atoms. The van der Waals surface area contributed by atoms with Crippen LogP contribution in [0.5, 0.6) is 0 Å². The molecule has 0 amide bonds. The Kier molecular flexibility index (Phi) is 0.805. The van der Waals surface area contributed by atoms with E-state index in [4.69, 9.17) is 0 Å². The van der Waals surface area contributed by atoms with Gasteiger partial charge in [0.2, 0.25) is 0 Å². The summed E-state index contributed by atoms with van der Waals surface area (Å²) in [6.07, 6.45) is 5.95. The van der Waals surface area contributed by atoms with E-state index in [0.29, 0.717) is 0 Å². The van der Waals surface area contributed by atoms with Gasteiger partial charge < -0.3 is 0 Å². The second-order valence-corrected chi connectivity index (χ2v) is 4.34. The van der Waals surface area contributed by atoms with Crippen molar-refractivity contribution in [1.29, 1.82) is 0 Å². The molecule has 0 spiro atoms. The molecule has 3 unspecified atom stereocenters. The van der Waals surface area contributed by atoms with Crippen LogP contribution in [0.3, 0.4) is 0 Å². The quantitative estimate of drug-likeness (QED) is 0.447. The Hall–Kier alpha value is -0.260. The van der Waals surface area contributed by atoms with Gasteiger partial charge in [0.05, 0.1) is 0 Å². The first kappa shape index (κ1) is 5.40. The third-order valence-corrected chi connectivity index (χ3v) is 3.75. The maximum Gasteiger partial charge on any atom is -0.00998 e. The van der Waals surface area contributed by atoms with Gasteiger partial charge in [0.25, 0.3) is 0 Å². The molecule has 0 aromatic heterocycles. The maximum absolute atomic E-state index is 2.43. The predicted octanol–water partition coefficient (Wildman–Crippen LogP) is 2.75. The molecular weight excluding hydrogens is 120 g/mol. The molecule has 3 rings (SSSR count). The SMILES string of the molecule is CC1CC2CCC3=C(C3)C12. The van der Waals surface area contributed by atoms with Crippen LogP contribution in [0.15, 0.2) is 11.1 Å². The zero-order chi connectivity index (χ0) is 6.72. The normalized spacial score (nSPS) is 49.5. The third-order valence-electron chi connectivity index (χ3n) is 3.75. The van der Waals surface area contributed by atoms with Gasteiger partial charge in [-0.25, -0.2) is 0 Å². The van der Waals surface area contributed by atoms with Gasteiger partial charge in [-0.3, -0.25) is 0 Å². The average Bonchev–Trinajstić information content (AvgIpc) is 2.61. The van der Waals surface area contributed by atoms with Crippen molar-refractivity contribution in [2.45, 2.75) is 32.6 Å². The third kappa shape index (κ3) is 0.492. The summed E-state index contributed by atoms with van der Waals surface area (Å²) in [6.45, 7) is 2.43. The van der Waals surface area contributed by atoms with Gasteiger partial charge in [-0.15, -0.1) is 0 Å². The molecule has 54 valence electrons. The van der Waals surface area contributed by atoms with Crippen LogP contribution in [-0.2, 0) is 0 Å². The lowest BCUT2D eigenvalue weighted by atomic mass is 9.61. The Morgan fingerprint density at radius 1 is 1.40 bits per heavy atom. The lowest BCUT2D eigenvalue weighted by Crippen LogP contribution is -2.35. The Morgan fingerprint density at radius 2 is 2.30 bits per heavy atom. The van der Waals surface area contributed by atoms with Crippen LogP contribution >= 0.6 is 0 Å². The van der Waals surface area contributed by atoms with Gasteiger partial charge in [0.1, 0.15) is 0 Å². The van der Waals surface area contributed by atoms with Crippen molar-refractivity contribution >= 4 is 0 Å². The van der Waals surface area contributed by atoms with E-state index in [1.54, 1.807) is 0 Å². The van der Waals surface area contributed by atoms with Crippen LogP contribution in [0.25, 0.3) is 0 Å². The summed E-state index contributed by atoms with van der Waals surface area (Å²) in [5.74, 6) is 3.23. The summed E-state index contributed by atoms with van der Waals surface area (Å²) in [5, 5.41) is 0. The summed E-state index contributed by atoms with van der Waals surface area (Å²) < 4.78 is 0. The van der Waals surface area contributed by atoms with E-state index in [2.05, 4.69) is 6.92 Å². The van der Waals surface area contributed by atoms with Gasteiger partial charge in [-0.2, -0.15) is 0 Å². The van der Waals surface area contributed by atoms with E-state index in [1.165, 1.54) is 25.7 Å². The zero-order valence-electron chi connectivity index (χ0n) is 6.56. The Bertz CT molecular complexity index is 212. The molecule has 10 heavy (non-hydrogen) atoms. The van der Waals surface area contributed by atoms with Gasteiger partial charge in [-0.05, 0) is 43.4 Å². The molecule has 0 nitrogen and oxygen atoms in total. The molecule has 3 aliphatic rings. The predicted molar refractivity (Wildman–Crippen MR) is 41.6 cm³/mol. The van der Waals surface area contributed by atoms with E-state index >= 15 is 0 Å². The lowest BCUT2D eigenvalue weighted by molar-refractivity contribution is 0.110. The van der Waals surface area contributed by atoms with Crippen molar-refractivity contribution in [1.82, 2.24) is 0 Å². The molecule has 1 saturated carbocycles. The molecule has 0 aliphatic heterocycles. The summed E-state index contributed by atoms with van der Waals surface area (Å²) in [4.78, 5) is 0. The molecule has 0 heteroatoms. The Balaban J connectivity index is 1.92. The number of hydrogen-bond acceptors (Lipinski definition) is 0. The van der Waals surface area contributed by atoms with Crippen LogP contribution in [0.4, 0.5) is 0 Å². The monoisotopic (exact) mass is 134 g/mol. The van der Waals surface area contributed by atoms with Crippen LogP contribution in [0, 0.1) is 17.8 Å². The molecule has 0 saturated heterocycles. The fourth-order valence-corrected chi connectivity index (χ4v) is 3.11. The number of hydrogen-bond donors (Lipinski definition) is 0. The van der Waals surface area contributed by atoms with Crippen LogP contribution in [-0.4, -0.2) is 0 Å². The van der Waals surface area contributed by atoms with E-state index in [-0.39, 0.29) is 0 Å². The zero-order valence-corrected chi connectivity index (χ0v) is 6.56. The van der Waals surface area contributed by atoms with Crippen molar-refractivity contribution in [2.24, 2.45) is 17.8 Å². The molecule has 0 radical (unpaired) electrons. The minimum absolute atomic E-state index is 1.04. The number of rotatable bonds is 0. The first-order valence-electron chi connectivity index (χ1n) is 4.57. The smallest absolute Gasteiger partial charge is 0.00998 e. The molecule has 0 aromatic rings. The standard InChI is InChI=1S/C10H14/c1-6-4-8-3-2-7-5-9(7)10(6)8/h6,8,10H,2-5H2,1H3. The maximum atomic E-state index is 2.43. The highest BCUT2D eigenvalue weighted by Crippen LogP contribution is 2.59. The van der Waals surface area contributed by atoms with E-state index in [1.807, 2.05) is 11.1 Å². The van der Waals surface area contributed by atoms with E-state index in [9.17, 15) is 0 Å². The highest BCUT2D eigenvalue weighted by atomic mass is 14.5. The molecule has 0 heterocycles. The van der Waals surface area contributed by atoms with Gasteiger partial charge in [0.15, 0.2) is 0 Å². The molecule has 3 atom stereocenters. The molecule has 1 fully saturated rings. The first-order chi connectivity index (χ1) is 4.86. The fraction of sp³-hybridized carbons (Fsp3) is 0.800. The highest BCUT2D eigenvalue weighted by Gasteiger charge is 2.47. The lowest BCUT2D eigenvalue weighted by Gasteiger charge is -2.43. The van der Waals surface area contributed by atoms with Crippen molar-refractivity contribution in [3.63, 3.8) is 0 Å². The average molecular weight is 134 g/mol. The van der Waals surface area contributed by atoms with Gasteiger partial charge in [0, 0.05) is 0 Å². The van der Waals surface area contributed by atoms with Crippen LogP contribution < -0.4 is 0 Å². The number of fused-ring (bicyclic) bond motifs is 2. The summed E-state index contributed by atoms with van der Waals surface area (Å²) in [7, 11) is 0. The highest BCUT2D eigenvalue weighted by molar-refractivity contribution is 5.41. The van der Waals surface area contributed by atoms with Crippen molar-refractivity contribution in [2.75, 3.05) is 0 Å². The van der Waals surface area contributed by atoms with Crippen LogP contribution in [0.2, 0.25) is 0 Å². The topological polar surface area (TPSA) is 0 Å². The second kappa shape index (κ2) is 1.49. The molecular formula is C10H14. The molecule has 0 N–H and O–H groups in total.